The van der Waals surface area contributed by atoms with E-state index in [2.05, 4.69) is 42.0 Å². The molecule has 1 rings (SSSR count). The lowest BCUT2D eigenvalue weighted by Crippen LogP contribution is -2.34. The number of primary sulfonamides is 1. The lowest BCUT2D eigenvalue weighted by atomic mass is 9.90. The average molecular weight is 377 g/mol. The summed E-state index contributed by atoms with van der Waals surface area (Å²) >= 11 is 3.26. The molecule has 0 saturated heterocycles. The molecule has 0 aliphatic heterocycles. The molecular weight excluding hydrogens is 356 g/mol. The summed E-state index contributed by atoms with van der Waals surface area (Å²) in [5.41, 5.74) is 0.966. The standard InChI is InChI=1S/C14H21BrN2O3S/c1-5-14(3,4)8-17-13(18)11-6-10(21(16,19)20)7-12(15)9(11)2/h6-7H,5,8H2,1-4H3,(H,17,18)(H2,16,19,20). The first-order valence-corrected chi connectivity index (χ1v) is 8.93. The Morgan fingerprint density at radius 3 is 2.43 bits per heavy atom. The molecule has 1 amide bonds. The summed E-state index contributed by atoms with van der Waals surface area (Å²) in [5.74, 6) is -0.305. The lowest BCUT2D eigenvalue weighted by molar-refractivity contribution is 0.0935. The fourth-order valence-electron chi connectivity index (χ4n) is 1.59. The van der Waals surface area contributed by atoms with Gasteiger partial charge in [0.1, 0.15) is 0 Å². The number of nitrogens with one attached hydrogen (secondary N) is 1. The van der Waals surface area contributed by atoms with E-state index < -0.39 is 10.0 Å². The van der Waals surface area contributed by atoms with E-state index in [0.717, 1.165) is 6.42 Å². The molecule has 0 aliphatic rings. The van der Waals surface area contributed by atoms with Gasteiger partial charge in [-0.05, 0) is 36.5 Å². The first kappa shape index (κ1) is 18.1. The lowest BCUT2D eigenvalue weighted by Gasteiger charge is -2.23. The molecule has 3 N–H and O–H groups in total. The molecule has 0 aromatic heterocycles. The van der Waals surface area contributed by atoms with Gasteiger partial charge < -0.3 is 5.32 Å². The number of hydrogen-bond donors (Lipinski definition) is 2. The van der Waals surface area contributed by atoms with Crippen LogP contribution in [-0.4, -0.2) is 20.9 Å². The number of sulfonamides is 1. The maximum Gasteiger partial charge on any atom is 0.251 e. The number of rotatable bonds is 5. The van der Waals surface area contributed by atoms with Crippen molar-refractivity contribution in [2.75, 3.05) is 6.54 Å². The third kappa shape index (κ3) is 4.79. The first-order chi connectivity index (χ1) is 9.48. The van der Waals surface area contributed by atoms with Crippen molar-refractivity contribution in [3.05, 3.63) is 27.7 Å². The van der Waals surface area contributed by atoms with Crippen LogP contribution < -0.4 is 10.5 Å². The van der Waals surface area contributed by atoms with E-state index in [1.807, 2.05) is 0 Å². The summed E-state index contributed by atoms with van der Waals surface area (Å²) in [6, 6.07) is 2.71. The number of benzene rings is 1. The van der Waals surface area contributed by atoms with Crippen molar-refractivity contribution in [3.8, 4) is 0 Å². The molecule has 7 heteroatoms. The molecule has 0 heterocycles. The highest BCUT2D eigenvalue weighted by Crippen LogP contribution is 2.25. The molecule has 5 nitrogen and oxygen atoms in total. The van der Waals surface area contributed by atoms with Gasteiger partial charge in [0.05, 0.1) is 4.90 Å². The van der Waals surface area contributed by atoms with Crippen LogP contribution in [0.3, 0.4) is 0 Å². The van der Waals surface area contributed by atoms with Gasteiger partial charge in [0.25, 0.3) is 5.91 Å². The number of halogens is 1. The van der Waals surface area contributed by atoms with E-state index in [1.54, 1.807) is 6.92 Å². The van der Waals surface area contributed by atoms with Crippen molar-refractivity contribution >= 4 is 31.9 Å². The molecule has 0 unspecified atom stereocenters. The first-order valence-electron chi connectivity index (χ1n) is 6.59. The van der Waals surface area contributed by atoms with Crippen LogP contribution in [0.2, 0.25) is 0 Å². The summed E-state index contributed by atoms with van der Waals surface area (Å²) in [5, 5.41) is 7.97. The molecule has 0 saturated carbocycles. The number of amides is 1. The number of carbonyl (C=O) groups excluding carboxylic acids is 1. The number of nitrogens with two attached hydrogens (primary N) is 1. The van der Waals surface area contributed by atoms with Gasteiger partial charge in [-0.3, -0.25) is 4.79 Å². The maximum absolute atomic E-state index is 12.3. The van der Waals surface area contributed by atoms with Gasteiger partial charge in [0.2, 0.25) is 10.0 Å². The molecule has 0 fully saturated rings. The number of hydrogen-bond acceptors (Lipinski definition) is 3. The van der Waals surface area contributed by atoms with Crippen molar-refractivity contribution < 1.29 is 13.2 Å². The monoisotopic (exact) mass is 376 g/mol. The molecule has 0 spiro atoms. The molecule has 118 valence electrons. The van der Waals surface area contributed by atoms with Gasteiger partial charge in [0.15, 0.2) is 0 Å². The Morgan fingerprint density at radius 2 is 1.95 bits per heavy atom. The average Bonchev–Trinajstić information content (AvgIpc) is 2.38. The normalized spacial score (nSPS) is 12.3. The summed E-state index contributed by atoms with van der Waals surface area (Å²) in [4.78, 5) is 12.2. The molecular formula is C14H21BrN2O3S. The van der Waals surface area contributed by atoms with Gasteiger partial charge in [-0.2, -0.15) is 0 Å². The SMILES string of the molecule is CCC(C)(C)CNC(=O)c1cc(S(N)(=O)=O)cc(Br)c1C. The predicted molar refractivity (Wildman–Crippen MR) is 86.7 cm³/mol. The highest BCUT2D eigenvalue weighted by Gasteiger charge is 2.20. The zero-order chi connectivity index (χ0) is 16.4. The van der Waals surface area contributed by atoms with E-state index in [0.29, 0.717) is 22.1 Å². The second-order valence-corrected chi connectivity index (χ2v) is 8.24. The minimum absolute atomic E-state index is 0.0155. The Balaban J connectivity index is 3.13. The largest absolute Gasteiger partial charge is 0.351 e. The van der Waals surface area contributed by atoms with Crippen LogP contribution in [0.5, 0.6) is 0 Å². The molecule has 0 aliphatic carbocycles. The Kier molecular flexibility index (Phi) is 5.57. The summed E-state index contributed by atoms with van der Waals surface area (Å²) < 4.78 is 23.5. The van der Waals surface area contributed by atoms with Gasteiger partial charge in [0, 0.05) is 16.6 Å². The van der Waals surface area contributed by atoms with E-state index in [1.165, 1.54) is 12.1 Å². The van der Waals surface area contributed by atoms with Gasteiger partial charge >= 0.3 is 0 Å². The fourth-order valence-corrected chi connectivity index (χ4v) is 2.77. The van der Waals surface area contributed by atoms with Crippen molar-refractivity contribution in [2.45, 2.75) is 39.0 Å². The van der Waals surface area contributed by atoms with Gasteiger partial charge in [-0.25, -0.2) is 13.6 Å². The van der Waals surface area contributed by atoms with Crippen LogP contribution in [-0.2, 0) is 10.0 Å². The Labute approximate surface area is 134 Å². The zero-order valence-corrected chi connectivity index (χ0v) is 15.1. The minimum Gasteiger partial charge on any atom is -0.351 e. The molecule has 0 radical (unpaired) electrons. The molecule has 0 bridgehead atoms. The number of carbonyl (C=O) groups is 1. The van der Waals surface area contributed by atoms with Crippen molar-refractivity contribution in [2.24, 2.45) is 10.6 Å². The molecule has 1 aromatic rings. The minimum atomic E-state index is -3.86. The smallest absolute Gasteiger partial charge is 0.251 e. The Bertz CT molecular complexity index is 654. The van der Waals surface area contributed by atoms with Crippen LogP contribution in [0.15, 0.2) is 21.5 Å². The van der Waals surface area contributed by atoms with Crippen molar-refractivity contribution in [1.82, 2.24) is 5.32 Å². The van der Waals surface area contributed by atoms with Crippen LogP contribution in [0.25, 0.3) is 0 Å². The maximum atomic E-state index is 12.3. The zero-order valence-electron chi connectivity index (χ0n) is 12.7. The predicted octanol–water partition coefficient (Wildman–Crippen LogP) is 2.57. The third-order valence-corrected chi connectivity index (χ3v) is 5.29. The Hall–Kier alpha value is -0.920. The summed E-state index contributed by atoms with van der Waals surface area (Å²) in [6.07, 6.45) is 0.924. The van der Waals surface area contributed by atoms with Crippen LogP contribution in [0.1, 0.15) is 43.1 Å². The topological polar surface area (TPSA) is 89.3 Å². The quantitative estimate of drug-likeness (QED) is 0.827. The molecule has 1 aromatic carbocycles. The highest BCUT2D eigenvalue weighted by molar-refractivity contribution is 9.10. The molecule has 0 atom stereocenters. The Morgan fingerprint density at radius 1 is 1.38 bits per heavy atom. The molecule has 21 heavy (non-hydrogen) atoms. The van der Waals surface area contributed by atoms with E-state index >= 15 is 0 Å². The second kappa shape index (κ2) is 6.46. The van der Waals surface area contributed by atoms with Crippen LogP contribution in [0, 0.1) is 12.3 Å². The van der Waals surface area contributed by atoms with Crippen LogP contribution >= 0.6 is 15.9 Å². The van der Waals surface area contributed by atoms with Gasteiger partial charge in [-0.1, -0.05) is 36.7 Å². The third-order valence-electron chi connectivity index (χ3n) is 3.58. The van der Waals surface area contributed by atoms with Gasteiger partial charge in [-0.15, -0.1) is 0 Å². The van der Waals surface area contributed by atoms with E-state index in [-0.39, 0.29) is 16.2 Å². The van der Waals surface area contributed by atoms with Crippen molar-refractivity contribution in [1.29, 1.82) is 0 Å². The highest BCUT2D eigenvalue weighted by atomic mass is 79.9. The fraction of sp³-hybridized carbons (Fsp3) is 0.500. The summed E-state index contributed by atoms with van der Waals surface area (Å²) in [6.45, 7) is 8.42. The summed E-state index contributed by atoms with van der Waals surface area (Å²) in [7, 11) is -3.86. The van der Waals surface area contributed by atoms with Crippen LogP contribution in [0.4, 0.5) is 0 Å². The second-order valence-electron chi connectivity index (χ2n) is 5.82. The van der Waals surface area contributed by atoms with E-state index in [9.17, 15) is 13.2 Å². The van der Waals surface area contributed by atoms with E-state index in [4.69, 9.17) is 5.14 Å². The van der Waals surface area contributed by atoms with Crippen molar-refractivity contribution in [3.63, 3.8) is 0 Å².